The molecule has 18 heavy (non-hydrogen) atoms. The van der Waals surface area contributed by atoms with Crippen molar-refractivity contribution in [2.45, 2.75) is 25.9 Å². The third-order valence-corrected chi connectivity index (χ3v) is 3.54. The van der Waals surface area contributed by atoms with Gasteiger partial charge < -0.3 is 15.4 Å². The number of piperidine rings is 1. The molecule has 0 radical (unpaired) electrons. The van der Waals surface area contributed by atoms with E-state index in [1.54, 1.807) is 6.07 Å². The third kappa shape index (κ3) is 2.87. The van der Waals surface area contributed by atoms with E-state index in [4.69, 9.17) is 22.1 Å². The zero-order valence-electron chi connectivity index (χ0n) is 10.5. The van der Waals surface area contributed by atoms with Crippen molar-refractivity contribution >= 4 is 23.0 Å². The molecule has 1 aromatic carbocycles. The van der Waals surface area contributed by atoms with Gasteiger partial charge in [-0.1, -0.05) is 11.6 Å². The molecule has 1 saturated heterocycles. The zero-order valence-corrected chi connectivity index (χ0v) is 11.2. The monoisotopic (exact) mass is 272 g/mol. The molecular weight excluding hydrogens is 255 g/mol. The van der Waals surface area contributed by atoms with Crippen LogP contribution in [0.3, 0.4) is 0 Å². The summed E-state index contributed by atoms with van der Waals surface area (Å²) in [6.45, 7) is 4.47. The summed E-state index contributed by atoms with van der Waals surface area (Å²) < 4.78 is 18.8. The highest BCUT2D eigenvalue weighted by Crippen LogP contribution is 2.31. The molecule has 0 spiro atoms. The molecule has 0 saturated carbocycles. The Morgan fingerprint density at radius 3 is 2.72 bits per heavy atom. The topological polar surface area (TPSA) is 38.5 Å². The quantitative estimate of drug-likeness (QED) is 0.860. The van der Waals surface area contributed by atoms with E-state index in [0.717, 1.165) is 38.2 Å². The first-order valence-corrected chi connectivity index (χ1v) is 6.60. The maximum atomic E-state index is 13.2. The first kappa shape index (κ1) is 13.4. The van der Waals surface area contributed by atoms with Gasteiger partial charge in [0.05, 0.1) is 22.5 Å². The van der Waals surface area contributed by atoms with Crippen molar-refractivity contribution in [2.75, 3.05) is 30.3 Å². The predicted octanol–water partition coefficient (Wildman–Crippen LogP) is 3.07. The lowest BCUT2D eigenvalue weighted by molar-refractivity contribution is 0.0459. The largest absolute Gasteiger partial charge is 0.397 e. The number of benzene rings is 1. The van der Waals surface area contributed by atoms with Crippen molar-refractivity contribution in [3.05, 3.63) is 23.0 Å². The molecule has 1 fully saturated rings. The van der Waals surface area contributed by atoms with Gasteiger partial charge in [-0.3, -0.25) is 0 Å². The van der Waals surface area contributed by atoms with Crippen molar-refractivity contribution in [2.24, 2.45) is 0 Å². The van der Waals surface area contributed by atoms with Crippen LogP contribution >= 0.6 is 11.6 Å². The van der Waals surface area contributed by atoms with Crippen LogP contribution in [-0.4, -0.2) is 25.8 Å². The van der Waals surface area contributed by atoms with Crippen LogP contribution in [0.15, 0.2) is 12.1 Å². The minimum Gasteiger partial charge on any atom is -0.397 e. The molecule has 2 rings (SSSR count). The van der Waals surface area contributed by atoms with E-state index in [-0.39, 0.29) is 5.02 Å². The Kier molecular flexibility index (Phi) is 4.30. The van der Waals surface area contributed by atoms with E-state index in [0.29, 0.717) is 11.8 Å². The van der Waals surface area contributed by atoms with Gasteiger partial charge in [-0.2, -0.15) is 0 Å². The highest BCUT2D eigenvalue weighted by atomic mass is 35.5. The van der Waals surface area contributed by atoms with E-state index >= 15 is 0 Å². The lowest BCUT2D eigenvalue weighted by Gasteiger charge is -2.34. The molecule has 0 unspecified atom stereocenters. The van der Waals surface area contributed by atoms with Gasteiger partial charge in [0.2, 0.25) is 0 Å². The van der Waals surface area contributed by atoms with E-state index in [1.165, 1.54) is 6.07 Å². The second-order valence-corrected chi connectivity index (χ2v) is 4.87. The van der Waals surface area contributed by atoms with Crippen molar-refractivity contribution < 1.29 is 9.13 Å². The number of anilines is 2. The van der Waals surface area contributed by atoms with Crippen LogP contribution in [-0.2, 0) is 4.74 Å². The lowest BCUT2D eigenvalue weighted by atomic mass is 10.1. The highest BCUT2D eigenvalue weighted by Gasteiger charge is 2.21. The number of hydrogen-bond donors (Lipinski definition) is 1. The van der Waals surface area contributed by atoms with Gasteiger partial charge in [-0.05, 0) is 25.8 Å². The third-order valence-electron chi connectivity index (χ3n) is 3.25. The van der Waals surface area contributed by atoms with Crippen molar-refractivity contribution in [1.82, 2.24) is 0 Å². The lowest BCUT2D eigenvalue weighted by Crippen LogP contribution is -2.37. The fourth-order valence-corrected chi connectivity index (χ4v) is 2.48. The van der Waals surface area contributed by atoms with Gasteiger partial charge in [-0.15, -0.1) is 0 Å². The van der Waals surface area contributed by atoms with Crippen molar-refractivity contribution in [1.29, 1.82) is 0 Å². The maximum Gasteiger partial charge on any atom is 0.143 e. The summed E-state index contributed by atoms with van der Waals surface area (Å²) in [6, 6.07) is 2.89. The standard InChI is InChI=1S/C13H18ClFN2O/c1-2-18-9-3-5-17(6-4-9)13-7-10(14)11(15)8-12(13)16/h7-9H,2-6,16H2,1H3. The van der Waals surface area contributed by atoms with Crippen LogP contribution in [0.4, 0.5) is 15.8 Å². The summed E-state index contributed by atoms with van der Waals surface area (Å²) in [5.74, 6) is -0.470. The zero-order chi connectivity index (χ0) is 13.1. The fourth-order valence-electron chi connectivity index (χ4n) is 2.32. The van der Waals surface area contributed by atoms with Crippen LogP contribution in [0, 0.1) is 5.82 Å². The number of nitrogens with zero attached hydrogens (tertiary/aromatic N) is 1. The van der Waals surface area contributed by atoms with Gasteiger partial charge in [0, 0.05) is 25.8 Å². The number of halogens is 2. The smallest absolute Gasteiger partial charge is 0.143 e. The summed E-state index contributed by atoms with van der Waals surface area (Å²) in [5.41, 5.74) is 7.10. The van der Waals surface area contributed by atoms with Crippen LogP contribution in [0.1, 0.15) is 19.8 Å². The Morgan fingerprint density at radius 2 is 2.11 bits per heavy atom. The van der Waals surface area contributed by atoms with Crippen molar-refractivity contribution in [3.63, 3.8) is 0 Å². The Labute approximate surface area is 112 Å². The molecule has 1 aliphatic rings. The van der Waals surface area contributed by atoms with Crippen LogP contribution in [0.2, 0.25) is 5.02 Å². The molecule has 2 N–H and O–H groups in total. The normalized spacial score (nSPS) is 17.2. The SMILES string of the molecule is CCOC1CCN(c2cc(Cl)c(F)cc2N)CC1. The number of nitrogen functional groups attached to an aromatic ring is 1. The molecule has 1 aromatic rings. The Hall–Kier alpha value is -1.00. The Balaban J connectivity index is 2.07. The molecule has 5 heteroatoms. The molecule has 1 aliphatic heterocycles. The highest BCUT2D eigenvalue weighted by molar-refractivity contribution is 6.31. The molecule has 0 atom stereocenters. The maximum absolute atomic E-state index is 13.2. The van der Waals surface area contributed by atoms with E-state index in [1.807, 2.05) is 6.92 Å². The van der Waals surface area contributed by atoms with Gasteiger partial charge in [0.1, 0.15) is 5.82 Å². The average Bonchev–Trinajstić information content (AvgIpc) is 2.35. The summed E-state index contributed by atoms with van der Waals surface area (Å²) in [5, 5.41) is 0.117. The number of hydrogen-bond acceptors (Lipinski definition) is 3. The number of nitrogens with two attached hydrogens (primary N) is 1. The first-order valence-electron chi connectivity index (χ1n) is 6.23. The second kappa shape index (κ2) is 5.76. The molecule has 0 bridgehead atoms. The predicted molar refractivity (Wildman–Crippen MR) is 72.7 cm³/mol. The van der Waals surface area contributed by atoms with E-state index in [2.05, 4.69) is 4.90 Å². The van der Waals surface area contributed by atoms with Crippen LogP contribution in [0.5, 0.6) is 0 Å². The molecule has 1 heterocycles. The molecule has 3 nitrogen and oxygen atoms in total. The number of ether oxygens (including phenoxy) is 1. The van der Waals surface area contributed by atoms with Crippen LogP contribution < -0.4 is 10.6 Å². The molecule has 100 valence electrons. The summed E-state index contributed by atoms with van der Waals surface area (Å²) >= 11 is 5.80. The summed E-state index contributed by atoms with van der Waals surface area (Å²) in [7, 11) is 0. The van der Waals surface area contributed by atoms with Crippen molar-refractivity contribution in [3.8, 4) is 0 Å². The first-order chi connectivity index (χ1) is 8.61. The Bertz CT molecular complexity index is 420. The fraction of sp³-hybridized carbons (Fsp3) is 0.538. The van der Waals surface area contributed by atoms with E-state index in [9.17, 15) is 4.39 Å². The second-order valence-electron chi connectivity index (χ2n) is 4.47. The molecule has 0 aliphatic carbocycles. The molecule has 0 amide bonds. The summed E-state index contributed by atoms with van der Waals surface area (Å²) in [6.07, 6.45) is 2.24. The van der Waals surface area contributed by atoms with Gasteiger partial charge in [0.15, 0.2) is 0 Å². The minimum absolute atomic E-state index is 0.117. The van der Waals surface area contributed by atoms with Gasteiger partial charge in [-0.25, -0.2) is 4.39 Å². The summed E-state index contributed by atoms with van der Waals surface area (Å²) in [4.78, 5) is 2.14. The van der Waals surface area contributed by atoms with Gasteiger partial charge in [0.25, 0.3) is 0 Å². The Morgan fingerprint density at radius 1 is 1.44 bits per heavy atom. The van der Waals surface area contributed by atoms with E-state index < -0.39 is 5.82 Å². The molecule has 0 aromatic heterocycles. The number of rotatable bonds is 3. The minimum atomic E-state index is -0.470. The van der Waals surface area contributed by atoms with Gasteiger partial charge >= 0.3 is 0 Å². The average molecular weight is 273 g/mol. The molecular formula is C13H18ClFN2O. The van der Waals surface area contributed by atoms with Crippen LogP contribution in [0.25, 0.3) is 0 Å².